The molecular weight excluding hydrogens is 663 g/mol. The van der Waals surface area contributed by atoms with Crippen molar-refractivity contribution in [2.75, 3.05) is 6.61 Å². The Morgan fingerprint density at radius 3 is 1.07 bits per heavy atom. The van der Waals surface area contributed by atoms with Crippen molar-refractivity contribution >= 4 is 5.91 Å². The van der Waals surface area contributed by atoms with Gasteiger partial charge in [-0.3, -0.25) is 4.79 Å². The second-order valence-electron chi connectivity index (χ2n) is 16.9. The standard InChI is InChI=1S/C50H97NO3/c1-3-5-7-9-11-13-15-17-19-21-23-24-25-26-27-28-29-31-33-35-37-39-41-43-45-49(53)48(47-52)51-50(54)46-44-42-40-38-36-34-32-30-22-20-18-16-14-12-10-8-6-4-2/h35,37,43,45,48-49,52-53H,3-34,36,38-42,44,46-47H2,1-2H3,(H,51,54)/b37-35+,45-43+. The molecule has 1 amide bonds. The first-order valence-electron chi connectivity index (χ1n) is 24.6. The first-order valence-corrected chi connectivity index (χ1v) is 24.6. The van der Waals surface area contributed by atoms with Crippen molar-refractivity contribution in [3.63, 3.8) is 0 Å². The van der Waals surface area contributed by atoms with Crippen LogP contribution in [-0.4, -0.2) is 34.9 Å². The Hall–Kier alpha value is -1.13. The molecule has 0 bridgehead atoms. The first-order chi connectivity index (χ1) is 26.7. The van der Waals surface area contributed by atoms with Crippen LogP contribution in [0.3, 0.4) is 0 Å². The third kappa shape index (κ3) is 42.0. The molecule has 0 fully saturated rings. The number of hydrogen-bond acceptors (Lipinski definition) is 3. The maximum atomic E-state index is 12.4. The number of hydrogen-bond donors (Lipinski definition) is 3. The second-order valence-corrected chi connectivity index (χ2v) is 16.9. The van der Waals surface area contributed by atoms with Gasteiger partial charge in [-0.1, -0.05) is 256 Å². The molecule has 2 atom stereocenters. The smallest absolute Gasteiger partial charge is 0.220 e. The molecule has 320 valence electrons. The third-order valence-electron chi connectivity index (χ3n) is 11.4. The summed E-state index contributed by atoms with van der Waals surface area (Å²) in [7, 11) is 0. The van der Waals surface area contributed by atoms with E-state index in [4.69, 9.17) is 0 Å². The highest BCUT2D eigenvalue weighted by atomic mass is 16.3. The molecule has 0 heterocycles. The van der Waals surface area contributed by atoms with E-state index in [1.54, 1.807) is 6.08 Å². The van der Waals surface area contributed by atoms with E-state index in [1.165, 1.54) is 218 Å². The van der Waals surface area contributed by atoms with Crippen LogP contribution in [-0.2, 0) is 4.79 Å². The van der Waals surface area contributed by atoms with Crippen LogP contribution >= 0.6 is 0 Å². The summed E-state index contributed by atoms with van der Waals surface area (Å²) in [5.41, 5.74) is 0. The van der Waals surface area contributed by atoms with Crippen LogP contribution in [0.25, 0.3) is 0 Å². The lowest BCUT2D eigenvalue weighted by atomic mass is 10.0. The van der Waals surface area contributed by atoms with Crippen LogP contribution in [0.15, 0.2) is 24.3 Å². The molecule has 0 aliphatic rings. The molecule has 0 saturated carbocycles. The zero-order chi connectivity index (χ0) is 39.3. The lowest BCUT2D eigenvalue weighted by molar-refractivity contribution is -0.123. The monoisotopic (exact) mass is 760 g/mol. The van der Waals surface area contributed by atoms with Crippen LogP contribution in [0.1, 0.15) is 271 Å². The van der Waals surface area contributed by atoms with E-state index in [9.17, 15) is 15.0 Å². The molecule has 0 rings (SSSR count). The van der Waals surface area contributed by atoms with E-state index in [-0.39, 0.29) is 12.5 Å². The lowest BCUT2D eigenvalue weighted by Gasteiger charge is -2.19. The molecule has 0 aliphatic heterocycles. The van der Waals surface area contributed by atoms with Gasteiger partial charge >= 0.3 is 0 Å². The zero-order valence-corrected chi connectivity index (χ0v) is 36.8. The Kier molecular flexibility index (Phi) is 45.3. The summed E-state index contributed by atoms with van der Waals surface area (Å²) in [6.07, 6.45) is 60.2. The largest absolute Gasteiger partial charge is 0.394 e. The Labute approximate surface area is 339 Å². The molecule has 0 aliphatic carbocycles. The molecule has 0 aromatic rings. The predicted molar refractivity (Wildman–Crippen MR) is 239 cm³/mol. The summed E-state index contributed by atoms with van der Waals surface area (Å²) in [4.78, 5) is 12.4. The highest BCUT2D eigenvalue weighted by Gasteiger charge is 2.17. The summed E-state index contributed by atoms with van der Waals surface area (Å²) in [5.74, 6) is -0.0690. The predicted octanol–water partition coefficient (Wildman–Crippen LogP) is 15.6. The summed E-state index contributed by atoms with van der Waals surface area (Å²) in [5, 5.41) is 23.1. The van der Waals surface area contributed by atoms with E-state index >= 15 is 0 Å². The van der Waals surface area contributed by atoms with Crippen molar-refractivity contribution in [2.45, 2.75) is 283 Å². The molecule has 4 heteroatoms. The molecule has 54 heavy (non-hydrogen) atoms. The number of rotatable bonds is 45. The van der Waals surface area contributed by atoms with Gasteiger partial charge in [0, 0.05) is 6.42 Å². The minimum absolute atomic E-state index is 0.0690. The van der Waals surface area contributed by atoms with Gasteiger partial charge in [0.1, 0.15) is 0 Å². The Bertz CT molecular complexity index is 780. The van der Waals surface area contributed by atoms with Crippen LogP contribution in [0.5, 0.6) is 0 Å². The van der Waals surface area contributed by atoms with Crippen molar-refractivity contribution in [2.24, 2.45) is 0 Å². The molecule has 3 N–H and O–H groups in total. The number of unbranched alkanes of at least 4 members (excludes halogenated alkanes) is 36. The van der Waals surface area contributed by atoms with E-state index in [0.717, 1.165) is 32.1 Å². The van der Waals surface area contributed by atoms with Gasteiger partial charge in [-0.25, -0.2) is 0 Å². The van der Waals surface area contributed by atoms with Crippen LogP contribution in [0.2, 0.25) is 0 Å². The van der Waals surface area contributed by atoms with Crippen molar-refractivity contribution < 1.29 is 15.0 Å². The average molecular weight is 760 g/mol. The highest BCUT2D eigenvalue weighted by molar-refractivity contribution is 5.76. The van der Waals surface area contributed by atoms with Crippen molar-refractivity contribution in [1.29, 1.82) is 0 Å². The van der Waals surface area contributed by atoms with Gasteiger partial charge in [0.05, 0.1) is 18.8 Å². The second kappa shape index (κ2) is 46.3. The van der Waals surface area contributed by atoms with Crippen LogP contribution in [0, 0.1) is 0 Å². The number of aliphatic hydroxyl groups excluding tert-OH is 2. The lowest BCUT2D eigenvalue weighted by Crippen LogP contribution is -2.45. The van der Waals surface area contributed by atoms with E-state index in [1.807, 2.05) is 6.08 Å². The van der Waals surface area contributed by atoms with Gasteiger partial charge in [0.2, 0.25) is 5.91 Å². The molecule has 0 aromatic carbocycles. The number of aliphatic hydroxyl groups is 2. The highest BCUT2D eigenvalue weighted by Crippen LogP contribution is 2.16. The minimum atomic E-state index is -0.858. The van der Waals surface area contributed by atoms with E-state index in [2.05, 4.69) is 31.3 Å². The van der Waals surface area contributed by atoms with Gasteiger partial charge in [0.25, 0.3) is 0 Å². The Morgan fingerprint density at radius 1 is 0.426 bits per heavy atom. The quantitative estimate of drug-likeness (QED) is 0.0428. The van der Waals surface area contributed by atoms with Gasteiger partial charge in [-0.05, 0) is 32.1 Å². The maximum absolute atomic E-state index is 12.4. The molecule has 0 aromatic heterocycles. The fourth-order valence-corrected chi connectivity index (χ4v) is 7.67. The summed E-state index contributed by atoms with van der Waals surface area (Å²) in [6.45, 7) is 4.32. The van der Waals surface area contributed by atoms with Gasteiger partial charge in [0.15, 0.2) is 0 Å². The van der Waals surface area contributed by atoms with E-state index in [0.29, 0.717) is 6.42 Å². The Balaban J connectivity index is 3.54. The molecule has 2 unspecified atom stereocenters. The van der Waals surface area contributed by atoms with Gasteiger partial charge in [-0.2, -0.15) is 0 Å². The average Bonchev–Trinajstić information content (AvgIpc) is 3.18. The number of allylic oxidation sites excluding steroid dienone is 3. The van der Waals surface area contributed by atoms with Gasteiger partial charge in [-0.15, -0.1) is 0 Å². The summed E-state index contributed by atoms with van der Waals surface area (Å²) < 4.78 is 0. The maximum Gasteiger partial charge on any atom is 0.220 e. The Morgan fingerprint density at radius 2 is 0.722 bits per heavy atom. The van der Waals surface area contributed by atoms with E-state index < -0.39 is 12.1 Å². The molecule has 0 radical (unpaired) electrons. The van der Waals surface area contributed by atoms with Crippen molar-refractivity contribution in [3.8, 4) is 0 Å². The number of nitrogens with one attached hydrogen (secondary N) is 1. The number of carbonyl (C=O) groups is 1. The van der Waals surface area contributed by atoms with Crippen molar-refractivity contribution in [1.82, 2.24) is 5.32 Å². The normalized spacial score (nSPS) is 13.0. The number of amides is 1. The van der Waals surface area contributed by atoms with Crippen molar-refractivity contribution in [3.05, 3.63) is 24.3 Å². The molecule has 4 nitrogen and oxygen atoms in total. The molecule has 0 saturated heterocycles. The molecular formula is C50H97NO3. The van der Waals surface area contributed by atoms with Crippen LogP contribution in [0.4, 0.5) is 0 Å². The third-order valence-corrected chi connectivity index (χ3v) is 11.4. The minimum Gasteiger partial charge on any atom is -0.394 e. The van der Waals surface area contributed by atoms with Gasteiger partial charge < -0.3 is 15.5 Å². The fraction of sp³-hybridized carbons (Fsp3) is 0.900. The first kappa shape index (κ1) is 52.9. The summed E-state index contributed by atoms with van der Waals surface area (Å²) >= 11 is 0. The molecule has 0 spiro atoms. The topological polar surface area (TPSA) is 69.6 Å². The summed E-state index contributed by atoms with van der Waals surface area (Å²) in [6, 6.07) is -0.635. The SMILES string of the molecule is CCCCCCCCCCCCCCCCCCCC/C=C/CC/C=C/C(O)C(CO)NC(=O)CCCCCCCCCCCCCCCCCCCC. The van der Waals surface area contributed by atoms with Crippen LogP contribution < -0.4 is 5.32 Å². The number of carbonyl (C=O) groups excluding carboxylic acids is 1. The zero-order valence-electron chi connectivity index (χ0n) is 36.8. The fourth-order valence-electron chi connectivity index (χ4n) is 7.67.